The molecule has 0 spiro atoms. The molecule has 1 aromatic rings. The number of nitrogens with zero attached hydrogens (tertiary/aromatic N) is 1. The normalized spacial score (nSPS) is 22.6. The summed E-state index contributed by atoms with van der Waals surface area (Å²) in [5.41, 5.74) is 0. The van der Waals surface area contributed by atoms with Crippen LogP contribution in [0.3, 0.4) is 0 Å². The number of hydrogen-bond donors (Lipinski definition) is 0. The van der Waals surface area contributed by atoms with Crippen LogP contribution in [0.2, 0.25) is 0 Å². The summed E-state index contributed by atoms with van der Waals surface area (Å²) in [6.07, 6.45) is -0.132. The lowest BCUT2D eigenvalue weighted by molar-refractivity contribution is 0.0102. The van der Waals surface area contributed by atoms with E-state index in [4.69, 9.17) is 4.74 Å². The van der Waals surface area contributed by atoms with Crippen molar-refractivity contribution in [3.8, 4) is 0 Å². The van der Waals surface area contributed by atoms with Crippen LogP contribution in [0.25, 0.3) is 0 Å². The minimum Gasteiger partial charge on any atom is -0.376 e. The molecular weight excluding hydrogens is 245 g/mol. The van der Waals surface area contributed by atoms with Crippen molar-refractivity contribution in [1.29, 1.82) is 0 Å². The monoisotopic (exact) mass is 259 g/mol. The van der Waals surface area contributed by atoms with Gasteiger partial charge in [0.1, 0.15) is 5.82 Å². The summed E-state index contributed by atoms with van der Waals surface area (Å²) in [6.45, 7) is 2.80. The van der Waals surface area contributed by atoms with E-state index in [2.05, 4.69) is 0 Å². The Morgan fingerprint density at radius 3 is 2.88 bits per heavy atom. The van der Waals surface area contributed by atoms with Gasteiger partial charge in [0, 0.05) is 13.1 Å². The molecule has 2 rings (SSSR count). The summed E-state index contributed by atoms with van der Waals surface area (Å²) >= 11 is 0. The molecule has 0 amide bonds. The summed E-state index contributed by atoms with van der Waals surface area (Å²) < 4.78 is 44.0. The van der Waals surface area contributed by atoms with Gasteiger partial charge < -0.3 is 4.74 Å². The fraction of sp³-hybridized carbons (Fsp3) is 0.455. The molecular formula is C11H14FNO3S. The van der Waals surface area contributed by atoms with Gasteiger partial charge in [-0.15, -0.1) is 0 Å². The number of ether oxygens (including phenoxy) is 1. The number of hydrogen-bond acceptors (Lipinski definition) is 3. The average molecular weight is 259 g/mol. The minimum absolute atomic E-state index is 0.00778. The van der Waals surface area contributed by atoms with Gasteiger partial charge in [-0.1, -0.05) is 6.07 Å². The highest BCUT2D eigenvalue weighted by Gasteiger charge is 2.29. The molecule has 0 N–H and O–H groups in total. The van der Waals surface area contributed by atoms with Crippen LogP contribution in [-0.4, -0.2) is 38.5 Å². The molecule has 1 fully saturated rings. The smallest absolute Gasteiger partial charge is 0.243 e. The Morgan fingerprint density at radius 1 is 1.47 bits per heavy atom. The minimum atomic E-state index is -3.60. The van der Waals surface area contributed by atoms with Crippen molar-refractivity contribution in [3.63, 3.8) is 0 Å². The molecule has 1 aromatic carbocycles. The maximum absolute atomic E-state index is 13.0. The highest BCUT2D eigenvalue weighted by molar-refractivity contribution is 7.89. The van der Waals surface area contributed by atoms with Crippen molar-refractivity contribution in [2.45, 2.75) is 17.9 Å². The zero-order valence-corrected chi connectivity index (χ0v) is 10.3. The number of morpholine rings is 1. The Balaban J connectivity index is 2.29. The van der Waals surface area contributed by atoms with Crippen molar-refractivity contribution >= 4 is 10.0 Å². The van der Waals surface area contributed by atoms with E-state index in [1.165, 1.54) is 22.5 Å². The highest BCUT2D eigenvalue weighted by Crippen LogP contribution is 2.19. The van der Waals surface area contributed by atoms with E-state index in [0.29, 0.717) is 19.7 Å². The van der Waals surface area contributed by atoms with Gasteiger partial charge in [0.05, 0.1) is 17.6 Å². The van der Waals surface area contributed by atoms with Crippen molar-refractivity contribution < 1.29 is 17.5 Å². The molecule has 6 heteroatoms. The molecule has 0 aromatic heterocycles. The molecule has 0 radical (unpaired) electrons. The van der Waals surface area contributed by atoms with Crippen LogP contribution in [0, 0.1) is 5.82 Å². The van der Waals surface area contributed by atoms with E-state index < -0.39 is 15.8 Å². The molecule has 1 heterocycles. The largest absolute Gasteiger partial charge is 0.376 e. The molecule has 0 saturated carbocycles. The summed E-state index contributed by atoms with van der Waals surface area (Å²) in [7, 11) is -3.60. The second kappa shape index (κ2) is 4.72. The predicted octanol–water partition coefficient (Wildman–Crippen LogP) is 1.24. The molecule has 1 aliphatic heterocycles. The second-order valence-electron chi connectivity index (χ2n) is 4.00. The van der Waals surface area contributed by atoms with Crippen molar-refractivity contribution in [3.05, 3.63) is 30.1 Å². The number of halogens is 1. The second-order valence-corrected chi connectivity index (χ2v) is 5.94. The first kappa shape index (κ1) is 12.5. The van der Waals surface area contributed by atoms with Crippen molar-refractivity contribution in [2.75, 3.05) is 19.7 Å². The third kappa shape index (κ3) is 2.65. The van der Waals surface area contributed by atoms with Gasteiger partial charge in [-0.3, -0.25) is 0 Å². The Hall–Kier alpha value is -0.980. The van der Waals surface area contributed by atoms with E-state index in [-0.39, 0.29) is 11.0 Å². The standard InChI is InChI=1S/C11H14FNO3S/c1-9-8-13(5-6-16-9)17(14,15)11-4-2-3-10(12)7-11/h2-4,7,9H,5-6,8H2,1H3. The lowest BCUT2D eigenvalue weighted by Crippen LogP contribution is -2.44. The maximum Gasteiger partial charge on any atom is 0.243 e. The first-order chi connectivity index (χ1) is 8.00. The maximum atomic E-state index is 13.0. The van der Waals surface area contributed by atoms with E-state index in [1.54, 1.807) is 0 Å². The van der Waals surface area contributed by atoms with Gasteiger partial charge in [0.15, 0.2) is 0 Å². The zero-order chi connectivity index (χ0) is 12.5. The van der Waals surface area contributed by atoms with Crippen LogP contribution in [0.5, 0.6) is 0 Å². The van der Waals surface area contributed by atoms with Crippen LogP contribution in [0.4, 0.5) is 4.39 Å². The van der Waals surface area contributed by atoms with Gasteiger partial charge in [-0.2, -0.15) is 4.31 Å². The molecule has 0 aliphatic carbocycles. The van der Waals surface area contributed by atoms with Gasteiger partial charge >= 0.3 is 0 Å². The highest BCUT2D eigenvalue weighted by atomic mass is 32.2. The van der Waals surface area contributed by atoms with Gasteiger partial charge in [0.2, 0.25) is 10.0 Å². The topological polar surface area (TPSA) is 46.6 Å². The first-order valence-electron chi connectivity index (χ1n) is 5.37. The number of benzene rings is 1. The summed E-state index contributed by atoms with van der Waals surface area (Å²) in [6, 6.07) is 5.06. The lowest BCUT2D eigenvalue weighted by atomic mass is 10.3. The molecule has 0 bridgehead atoms. The molecule has 1 saturated heterocycles. The fourth-order valence-corrected chi connectivity index (χ4v) is 3.31. The lowest BCUT2D eigenvalue weighted by Gasteiger charge is -2.30. The van der Waals surface area contributed by atoms with Crippen LogP contribution >= 0.6 is 0 Å². The average Bonchev–Trinajstić information content (AvgIpc) is 2.29. The SMILES string of the molecule is CC1CN(S(=O)(=O)c2cccc(F)c2)CCO1. The summed E-state index contributed by atoms with van der Waals surface area (Å²) in [5.74, 6) is -0.549. The van der Waals surface area contributed by atoms with Crippen LogP contribution < -0.4 is 0 Å². The zero-order valence-electron chi connectivity index (χ0n) is 9.47. The Morgan fingerprint density at radius 2 is 2.24 bits per heavy atom. The summed E-state index contributed by atoms with van der Waals surface area (Å²) in [4.78, 5) is -0.00778. The molecule has 4 nitrogen and oxygen atoms in total. The summed E-state index contributed by atoms with van der Waals surface area (Å²) in [5, 5.41) is 0. The van der Waals surface area contributed by atoms with Crippen LogP contribution in [0.15, 0.2) is 29.2 Å². The molecule has 94 valence electrons. The van der Waals surface area contributed by atoms with Crippen molar-refractivity contribution in [1.82, 2.24) is 4.31 Å². The van der Waals surface area contributed by atoms with Gasteiger partial charge in [-0.25, -0.2) is 12.8 Å². The van der Waals surface area contributed by atoms with E-state index in [9.17, 15) is 12.8 Å². The van der Waals surface area contributed by atoms with Gasteiger partial charge in [-0.05, 0) is 25.1 Å². The Labute approximate surface area is 100 Å². The third-order valence-corrected chi connectivity index (χ3v) is 4.50. The van der Waals surface area contributed by atoms with E-state index in [1.807, 2.05) is 6.92 Å². The van der Waals surface area contributed by atoms with Crippen LogP contribution in [0.1, 0.15) is 6.92 Å². The van der Waals surface area contributed by atoms with E-state index in [0.717, 1.165) is 6.07 Å². The molecule has 1 aliphatic rings. The number of sulfonamides is 1. The van der Waals surface area contributed by atoms with E-state index >= 15 is 0 Å². The predicted molar refractivity (Wildman–Crippen MR) is 60.6 cm³/mol. The molecule has 1 atom stereocenters. The Kier molecular flexibility index (Phi) is 3.46. The fourth-order valence-electron chi connectivity index (χ4n) is 1.78. The Bertz CT molecular complexity index is 503. The van der Waals surface area contributed by atoms with Gasteiger partial charge in [0.25, 0.3) is 0 Å². The molecule has 1 unspecified atom stereocenters. The van der Waals surface area contributed by atoms with Crippen molar-refractivity contribution in [2.24, 2.45) is 0 Å². The van der Waals surface area contributed by atoms with Crippen LogP contribution in [-0.2, 0) is 14.8 Å². The first-order valence-corrected chi connectivity index (χ1v) is 6.81. The number of rotatable bonds is 2. The third-order valence-electron chi connectivity index (χ3n) is 2.64. The quantitative estimate of drug-likeness (QED) is 0.802. The molecule has 17 heavy (non-hydrogen) atoms.